The molecule has 0 unspecified atom stereocenters. The summed E-state index contributed by atoms with van der Waals surface area (Å²) in [5.41, 5.74) is 0.664. The topological polar surface area (TPSA) is 65.4 Å². The molecule has 0 spiro atoms. The molecule has 0 bridgehead atoms. The number of aromatic nitrogens is 2. The lowest BCUT2D eigenvalue weighted by atomic mass is 10.2. The Labute approximate surface area is 123 Å². The highest BCUT2D eigenvalue weighted by Crippen LogP contribution is 2.34. The van der Waals surface area contributed by atoms with Gasteiger partial charge in [0.25, 0.3) is 0 Å². The van der Waals surface area contributed by atoms with Crippen molar-refractivity contribution in [1.29, 1.82) is 0 Å². The van der Waals surface area contributed by atoms with Gasteiger partial charge in [0, 0.05) is 18.0 Å². The van der Waals surface area contributed by atoms with E-state index in [0.717, 1.165) is 4.47 Å². The van der Waals surface area contributed by atoms with E-state index < -0.39 is 6.04 Å². The lowest BCUT2D eigenvalue weighted by Crippen LogP contribution is -2.23. The molecule has 0 aliphatic carbocycles. The Kier molecular flexibility index (Phi) is 3.35. The summed E-state index contributed by atoms with van der Waals surface area (Å²) in [5.74, 6) is 1.17. The number of carbonyl (C=O) groups is 1. The molecular formula is C13H12BrN3O3. The second kappa shape index (κ2) is 5.16. The van der Waals surface area contributed by atoms with Gasteiger partial charge in [-0.3, -0.25) is 9.48 Å². The molecule has 1 amide bonds. The molecule has 1 aromatic carbocycles. The molecule has 2 aromatic rings. The number of carbonyl (C=O) groups excluding carboxylic acids is 1. The van der Waals surface area contributed by atoms with Gasteiger partial charge in [-0.05, 0) is 35.0 Å². The summed E-state index contributed by atoms with van der Waals surface area (Å²) >= 11 is 3.30. The average Bonchev–Trinajstić information content (AvgIpc) is 3.05. The van der Waals surface area contributed by atoms with Gasteiger partial charge in [-0.2, -0.15) is 5.10 Å². The van der Waals surface area contributed by atoms with Crippen LogP contribution >= 0.6 is 15.9 Å². The van der Waals surface area contributed by atoms with Gasteiger partial charge in [0.15, 0.2) is 11.5 Å². The van der Waals surface area contributed by atoms with Crippen molar-refractivity contribution in [2.24, 2.45) is 0 Å². The zero-order valence-electron chi connectivity index (χ0n) is 10.7. The fourth-order valence-electron chi connectivity index (χ4n) is 1.87. The fourth-order valence-corrected chi connectivity index (χ4v) is 2.17. The zero-order chi connectivity index (χ0) is 14.1. The van der Waals surface area contributed by atoms with Gasteiger partial charge in [-0.1, -0.05) is 0 Å². The zero-order valence-corrected chi connectivity index (χ0v) is 12.3. The first kappa shape index (κ1) is 13.0. The normalized spacial score (nSPS) is 14.1. The van der Waals surface area contributed by atoms with Crippen molar-refractivity contribution in [1.82, 2.24) is 9.78 Å². The molecule has 1 aromatic heterocycles. The molecule has 2 heterocycles. The summed E-state index contributed by atoms with van der Waals surface area (Å²) in [6, 6.07) is 4.88. The SMILES string of the molecule is C[C@H](C(=O)Nc1ccc2c(c1)OCO2)n1cc(Br)cn1. The highest BCUT2D eigenvalue weighted by molar-refractivity contribution is 9.10. The maximum Gasteiger partial charge on any atom is 0.248 e. The molecule has 20 heavy (non-hydrogen) atoms. The van der Waals surface area contributed by atoms with Gasteiger partial charge in [-0.15, -0.1) is 0 Å². The number of fused-ring (bicyclic) bond motifs is 1. The number of ether oxygens (including phenoxy) is 2. The summed E-state index contributed by atoms with van der Waals surface area (Å²) < 4.78 is 12.9. The first-order valence-electron chi connectivity index (χ1n) is 6.03. The van der Waals surface area contributed by atoms with Crippen molar-refractivity contribution >= 4 is 27.5 Å². The highest BCUT2D eigenvalue weighted by atomic mass is 79.9. The highest BCUT2D eigenvalue weighted by Gasteiger charge is 2.18. The monoisotopic (exact) mass is 337 g/mol. The number of nitrogens with zero attached hydrogens (tertiary/aromatic N) is 2. The minimum atomic E-state index is -0.410. The van der Waals surface area contributed by atoms with Gasteiger partial charge in [0.1, 0.15) is 6.04 Å². The summed E-state index contributed by atoms with van der Waals surface area (Å²) in [5, 5.41) is 6.93. The van der Waals surface area contributed by atoms with Crippen molar-refractivity contribution < 1.29 is 14.3 Å². The molecule has 3 rings (SSSR count). The van der Waals surface area contributed by atoms with Crippen LogP contribution in [0.2, 0.25) is 0 Å². The van der Waals surface area contributed by atoms with E-state index in [1.807, 2.05) is 0 Å². The molecule has 0 saturated heterocycles. The van der Waals surface area contributed by atoms with Crippen LogP contribution in [0.15, 0.2) is 35.1 Å². The average molecular weight is 338 g/mol. The van der Waals surface area contributed by atoms with Crippen LogP contribution in [0, 0.1) is 0 Å². The molecule has 1 atom stereocenters. The summed E-state index contributed by atoms with van der Waals surface area (Å²) in [7, 11) is 0. The second-order valence-electron chi connectivity index (χ2n) is 4.37. The van der Waals surface area contributed by atoms with E-state index >= 15 is 0 Å². The molecule has 1 aliphatic rings. The van der Waals surface area contributed by atoms with E-state index in [2.05, 4.69) is 26.3 Å². The van der Waals surface area contributed by atoms with Gasteiger partial charge >= 0.3 is 0 Å². The number of hydrogen-bond acceptors (Lipinski definition) is 4. The van der Waals surface area contributed by atoms with E-state index in [1.165, 1.54) is 0 Å². The summed E-state index contributed by atoms with van der Waals surface area (Å²) in [4.78, 5) is 12.2. The van der Waals surface area contributed by atoms with Gasteiger partial charge in [0.05, 0.1) is 10.7 Å². The predicted octanol–water partition coefficient (Wildman–Crippen LogP) is 2.57. The first-order chi connectivity index (χ1) is 9.63. The van der Waals surface area contributed by atoms with E-state index in [4.69, 9.17) is 9.47 Å². The Bertz CT molecular complexity index is 656. The number of halogens is 1. The number of benzene rings is 1. The third kappa shape index (κ3) is 2.49. The van der Waals surface area contributed by atoms with Crippen LogP contribution in [-0.2, 0) is 4.79 Å². The lowest BCUT2D eigenvalue weighted by molar-refractivity contribution is -0.119. The van der Waals surface area contributed by atoms with Crippen LogP contribution in [0.5, 0.6) is 11.5 Å². The Morgan fingerprint density at radius 1 is 1.45 bits per heavy atom. The van der Waals surface area contributed by atoms with Gasteiger partial charge in [-0.25, -0.2) is 0 Å². The summed E-state index contributed by atoms with van der Waals surface area (Å²) in [6.45, 7) is 1.99. The number of amides is 1. The van der Waals surface area contributed by atoms with Crippen molar-refractivity contribution in [2.45, 2.75) is 13.0 Å². The summed E-state index contributed by atoms with van der Waals surface area (Å²) in [6.07, 6.45) is 3.40. The molecule has 7 heteroatoms. The smallest absolute Gasteiger partial charge is 0.248 e. The second-order valence-corrected chi connectivity index (χ2v) is 5.29. The van der Waals surface area contributed by atoms with E-state index in [9.17, 15) is 4.79 Å². The molecule has 6 nitrogen and oxygen atoms in total. The van der Waals surface area contributed by atoms with Crippen molar-refractivity contribution in [2.75, 3.05) is 12.1 Å². The van der Waals surface area contributed by atoms with Gasteiger partial charge in [0.2, 0.25) is 12.7 Å². The van der Waals surface area contributed by atoms with E-state index in [0.29, 0.717) is 17.2 Å². The number of anilines is 1. The predicted molar refractivity (Wildman–Crippen MR) is 75.8 cm³/mol. The maximum atomic E-state index is 12.2. The van der Waals surface area contributed by atoms with Crippen LogP contribution in [-0.4, -0.2) is 22.5 Å². The first-order valence-corrected chi connectivity index (χ1v) is 6.83. The van der Waals surface area contributed by atoms with Crippen molar-refractivity contribution in [3.8, 4) is 11.5 Å². The van der Waals surface area contributed by atoms with Crippen molar-refractivity contribution in [3.05, 3.63) is 35.1 Å². The quantitative estimate of drug-likeness (QED) is 0.934. The van der Waals surface area contributed by atoms with Crippen LogP contribution < -0.4 is 14.8 Å². The lowest BCUT2D eigenvalue weighted by Gasteiger charge is -2.12. The number of hydrogen-bond donors (Lipinski definition) is 1. The van der Waals surface area contributed by atoms with Crippen LogP contribution in [0.3, 0.4) is 0 Å². The number of rotatable bonds is 3. The Morgan fingerprint density at radius 2 is 2.25 bits per heavy atom. The maximum absolute atomic E-state index is 12.2. The minimum absolute atomic E-state index is 0.153. The van der Waals surface area contributed by atoms with Crippen molar-refractivity contribution in [3.63, 3.8) is 0 Å². The molecule has 0 radical (unpaired) electrons. The molecule has 0 fully saturated rings. The number of nitrogens with one attached hydrogen (secondary N) is 1. The van der Waals surface area contributed by atoms with E-state index in [-0.39, 0.29) is 12.7 Å². The standard InChI is InChI=1S/C13H12BrN3O3/c1-8(17-6-9(14)5-15-17)13(18)16-10-2-3-11-12(4-10)20-7-19-11/h2-6,8H,7H2,1H3,(H,16,18)/t8-/m1/s1. The van der Waals surface area contributed by atoms with E-state index in [1.54, 1.807) is 42.2 Å². The Morgan fingerprint density at radius 3 is 3.00 bits per heavy atom. The molecule has 1 N–H and O–H groups in total. The van der Waals surface area contributed by atoms with Crippen LogP contribution in [0.4, 0.5) is 5.69 Å². The molecule has 104 valence electrons. The largest absolute Gasteiger partial charge is 0.454 e. The van der Waals surface area contributed by atoms with Crippen LogP contribution in [0.1, 0.15) is 13.0 Å². The van der Waals surface area contributed by atoms with Crippen LogP contribution in [0.25, 0.3) is 0 Å². The minimum Gasteiger partial charge on any atom is -0.454 e. The third-order valence-electron chi connectivity index (χ3n) is 2.99. The fraction of sp³-hybridized carbons (Fsp3) is 0.231. The third-order valence-corrected chi connectivity index (χ3v) is 3.40. The Hall–Kier alpha value is -2.02. The molecule has 0 saturated carbocycles. The molecule has 1 aliphatic heterocycles. The molecular weight excluding hydrogens is 326 g/mol. The Balaban J connectivity index is 1.72. The van der Waals surface area contributed by atoms with Gasteiger partial charge < -0.3 is 14.8 Å².